The molecule has 0 saturated carbocycles. The fraction of sp³-hybridized carbons (Fsp3) is 0.0769. The van der Waals surface area contributed by atoms with E-state index in [1.165, 1.54) is 5.39 Å². The Morgan fingerprint density at radius 2 is 2.22 bits per heavy atom. The van der Waals surface area contributed by atoms with Crippen LogP contribution in [0.4, 0.5) is 0 Å². The van der Waals surface area contributed by atoms with Crippen molar-refractivity contribution < 1.29 is 4.79 Å². The highest BCUT2D eigenvalue weighted by Crippen LogP contribution is 2.27. The van der Waals surface area contributed by atoms with Gasteiger partial charge in [-0.1, -0.05) is 12.1 Å². The molecule has 0 radical (unpaired) electrons. The van der Waals surface area contributed by atoms with Crippen molar-refractivity contribution in [1.82, 2.24) is 13.8 Å². The lowest BCUT2D eigenvalue weighted by Gasteiger charge is -1.97. The molecule has 3 heterocycles. The van der Waals surface area contributed by atoms with E-state index < -0.39 is 0 Å². The lowest BCUT2D eigenvalue weighted by atomic mass is 10.2. The van der Waals surface area contributed by atoms with Crippen molar-refractivity contribution in [3.63, 3.8) is 0 Å². The van der Waals surface area contributed by atoms with Crippen LogP contribution in [0.25, 0.3) is 22.2 Å². The number of hydrogen-bond acceptors (Lipinski definition) is 2. The molecule has 18 heavy (non-hydrogen) atoms. The molecule has 0 atom stereocenters. The third kappa shape index (κ3) is 1.01. The summed E-state index contributed by atoms with van der Waals surface area (Å²) >= 11 is 0. The van der Waals surface area contributed by atoms with Gasteiger partial charge in [0.2, 0.25) is 11.7 Å². The first-order valence-electron chi connectivity index (χ1n) is 5.71. The molecule has 0 aliphatic heterocycles. The van der Waals surface area contributed by atoms with Gasteiger partial charge in [0.1, 0.15) is 0 Å². The number of nitrogens with zero attached hydrogens (tertiary/aromatic N) is 3. The maximum Gasteiger partial charge on any atom is 0.223 e. The molecule has 0 aliphatic carbocycles. The average molecular weight is 238 g/mol. The van der Waals surface area contributed by atoms with E-state index in [9.17, 15) is 4.79 Å². The average Bonchev–Trinajstić information content (AvgIpc) is 2.98. The number of aromatic nitrogens is 3. The SMILES string of the molecule is NC(=O)Cc1cnc2n3ccc4cccc(c43)n12. The number of hydrogen-bond donors (Lipinski definition) is 1. The van der Waals surface area contributed by atoms with Gasteiger partial charge in [-0.3, -0.25) is 13.6 Å². The predicted octanol–water partition coefficient (Wildman–Crippen LogP) is 1.21. The zero-order valence-electron chi connectivity index (χ0n) is 9.50. The Labute approximate surface area is 102 Å². The molecule has 0 fully saturated rings. The third-order valence-electron chi connectivity index (χ3n) is 3.32. The van der Waals surface area contributed by atoms with Gasteiger partial charge in [-0.2, -0.15) is 0 Å². The predicted molar refractivity (Wildman–Crippen MR) is 67.7 cm³/mol. The Morgan fingerprint density at radius 1 is 1.33 bits per heavy atom. The van der Waals surface area contributed by atoms with E-state index in [-0.39, 0.29) is 12.3 Å². The summed E-state index contributed by atoms with van der Waals surface area (Å²) in [5.74, 6) is 0.476. The van der Waals surface area contributed by atoms with E-state index in [2.05, 4.69) is 17.1 Å². The van der Waals surface area contributed by atoms with Crippen LogP contribution in [0.5, 0.6) is 0 Å². The zero-order chi connectivity index (χ0) is 12.3. The van der Waals surface area contributed by atoms with Gasteiger partial charge in [0.05, 0.1) is 29.3 Å². The van der Waals surface area contributed by atoms with Crippen molar-refractivity contribution in [1.29, 1.82) is 0 Å². The lowest BCUT2D eigenvalue weighted by Crippen LogP contribution is -2.14. The van der Waals surface area contributed by atoms with Gasteiger partial charge in [-0.25, -0.2) is 4.98 Å². The second-order valence-electron chi connectivity index (χ2n) is 4.43. The highest BCUT2D eigenvalue weighted by atomic mass is 16.1. The van der Waals surface area contributed by atoms with Gasteiger partial charge in [0.15, 0.2) is 0 Å². The number of para-hydroxylation sites is 1. The van der Waals surface area contributed by atoms with Gasteiger partial charge in [-0.05, 0) is 12.1 Å². The van der Waals surface area contributed by atoms with Crippen molar-refractivity contribution in [3.8, 4) is 0 Å². The Morgan fingerprint density at radius 3 is 3.06 bits per heavy atom. The summed E-state index contributed by atoms with van der Waals surface area (Å²) in [6, 6.07) is 8.16. The first-order valence-corrected chi connectivity index (χ1v) is 5.71. The van der Waals surface area contributed by atoms with E-state index >= 15 is 0 Å². The number of imidazole rings is 2. The van der Waals surface area contributed by atoms with Crippen LogP contribution >= 0.6 is 0 Å². The summed E-state index contributed by atoms with van der Waals surface area (Å²) in [6.07, 6.45) is 3.91. The van der Waals surface area contributed by atoms with E-state index in [1.54, 1.807) is 6.20 Å². The molecule has 0 aliphatic rings. The number of carbonyl (C=O) groups excluding carboxylic acids is 1. The van der Waals surface area contributed by atoms with Crippen LogP contribution in [0.2, 0.25) is 0 Å². The minimum atomic E-state index is -0.346. The van der Waals surface area contributed by atoms with Crippen LogP contribution in [-0.4, -0.2) is 19.7 Å². The molecule has 0 bridgehead atoms. The molecular formula is C13H10N4O. The summed E-state index contributed by atoms with van der Waals surface area (Å²) in [5, 5.41) is 1.17. The highest BCUT2D eigenvalue weighted by Gasteiger charge is 2.16. The van der Waals surface area contributed by atoms with E-state index in [0.29, 0.717) is 0 Å². The summed E-state index contributed by atoms with van der Waals surface area (Å²) in [6.45, 7) is 0. The van der Waals surface area contributed by atoms with Gasteiger partial charge >= 0.3 is 0 Å². The minimum absolute atomic E-state index is 0.203. The molecule has 0 spiro atoms. The van der Waals surface area contributed by atoms with Crippen LogP contribution in [0.3, 0.4) is 0 Å². The Hall–Kier alpha value is -2.56. The Kier molecular flexibility index (Phi) is 1.58. The largest absolute Gasteiger partial charge is 0.369 e. The number of fused-ring (bicyclic) bond motifs is 3. The molecule has 88 valence electrons. The molecule has 4 rings (SSSR count). The summed E-state index contributed by atoms with van der Waals surface area (Å²) in [7, 11) is 0. The topological polar surface area (TPSA) is 64.8 Å². The molecule has 5 heteroatoms. The first-order chi connectivity index (χ1) is 8.75. The number of benzene rings is 1. The van der Waals surface area contributed by atoms with Crippen molar-refractivity contribution in [3.05, 3.63) is 42.4 Å². The zero-order valence-corrected chi connectivity index (χ0v) is 9.50. The monoisotopic (exact) mass is 238 g/mol. The Bertz CT molecular complexity index is 886. The number of carbonyl (C=O) groups is 1. The van der Waals surface area contributed by atoms with Gasteiger partial charge in [-0.15, -0.1) is 0 Å². The quantitative estimate of drug-likeness (QED) is 0.570. The van der Waals surface area contributed by atoms with Gasteiger partial charge < -0.3 is 5.73 Å². The molecule has 1 amide bonds. The first kappa shape index (κ1) is 9.47. The molecule has 4 aromatic rings. The van der Waals surface area contributed by atoms with Crippen molar-refractivity contribution in [2.45, 2.75) is 6.42 Å². The molecule has 1 aromatic carbocycles. The van der Waals surface area contributed by atoms with Crippen molar-refractivity contribution in [2.75, 3.05) is 0 Å². The van der Waals surface area contributed by atoms with Gasteiger partial charge in [0.25, 0.3) is 0 Å². The van der Waals surface area contributed by atoms with Crippen LogP contribution in [-0.2, 0) is 11.2 Å². The second kappa shape index (κ2) is 3.01. The van der Waals surface area contributed by atoms with Crippen LogP contribution in [0.15, 0.2) is 36.7 Å². The minimum Gasteiger partial charge on any atom is -0.369 e. The summed E-state index contributed by atoms with van der Waals surface area (Å²) < 4.78 is 4.03. The van der Waals surface area contributed by atoms with Crippen molar-refractivity contribution in [2.24, 2.45) is 5.73 Å². The maximum absolute atomic E-state index is 11.1. The molecule has 0 saturated heterocycles. The van der Waals surface area contributed by atoms with Gasteiger partial charge in [0, 0.05) is 11.6 Å². The summed E-state index contributed by atoms with van der Waals surface area (Å²) in [5.41, 5.74) is 8.28. The number of amides is 1. The molecular weight excluding hydrogens is 228 g/mol. The molecule has 0 unspecified atom stereocenters. The molecule has 5 nitrogen and oxygen atoms in total. The second-order valence-corrected chi connectivity index (χ2v) is 4.43. The highest BCUT2D eigenvalue weighted by molar-refractivity contribution is 5.97. The third-order valence-corrected chi connectivity index (χ3v) is 3.32. The number of rotatable bonds is 2. The molecule has 3 aromatic heterocycles. The smallest absolute Gasteiger partial charge is 0.223 e. The van der Waals surface area contributed by atoms with Crippen LogP contribution in [0.1, 0.15) is 5.69 Å². The number of primary amides is 1. The molecule has 2 N–H and O–H groups in total. The fourth-order valence-corrected chi connectivity index (χ4v) is 2.63. The van der Waals surface area contributed by atoms with E-state index in [1.807, 2.05) is 27.1 Å². The van der Waals surface area contributed by atoms with E-state index in [0.717, 1.165) is 22.5 Å². The fourth-order valence-electron chi connectivity index (χ4n) is 2.63. The Balaban J connectivity index is 2.21. The normalized spacial score (nSPS) is 12.0. The standard InChI is InChI=1S/C13H10N4O/c14-11(18)6-9-7-15-13-16-5-4-8-2-1-3-10(12(8)16)17(9)13/h1-5,7H,6H2,(H2,14,18). The van der Waals surface area contributed by atoms with Crippen LogP contribution < -0.4 is 5.73 Å². The lowest BCUT2D eigenvalue weighted by molar-refractivity contribution is -0.117. The number of nitrogens with two attached hydrogens (primary N) is 1. The van der Waals surface area contributed by atoms with E-state index in [4.69, 9.17) is 5.73 Å². The summed E-state index contributed by atoms with van der Waals surface area (Å²) in [4.78, 5) is 15.5. The maximum atomic E-state index is 11.1. The van der Waals surface area contributed by atoms with Crippen molar-refractivity contribution >= 4 is 28.1 Å². The van der Waals surface area contributed by atoms with Crippen LogP contribution in [0, 0.1) is 0 Å².